The highest BCUT2D eigenvalue weighted by Crippen LogP contribution is 2.36. The second-order valence-corrected chi connectivity index (χ2v) is 7.89. The summed E-state index contributed by atoms with van der Waals surface area (Å²) in [6.07, 6.45) is 9.42. The summed E-state index contributed by atoms with van der Waals surface area (Å²) in [5, 5.41) is 15.8. The van der Waals surface area contributed by atoms with Crippen LogP contribution in [0, 0.1) is 13.8 Å². The lowest BCUT2D eigenvalue weighted by molar-refractivity contribution is 0.446. The number of rotatable bonds is 2. The van der Waals surface area contributed by atoms with Gasteiger partial charge in [-0.25, -0.2) is 14.5 Å². The lowest BCUT2D eigenvalue weighted by Crippen LogP contribution is -2.10. The van der Waals surface area contributed by atoms with Crippen molar-refractivity contribution in [2.45, 2.75) is 58.4 Å². The Morgan fingerprint density at radius 2 is 1.75 bits per heavy atom. The van der Waals surface area contributed by atoms with Crippen molar-refractivity contribution in [3.05, 3.63) is 41.9 Å². The van der Waals surface area contributed by atoms with E-state index in [1.807, 2.05) is 12.1 Å². The van der Waals surface area contributed by atoms with Crippen molar-refractivity contribution >= 4 is 16.7 Å². The van der Waals surface area contributed by atoms with Gasteiger partial charge < -0.3 is 9.67 Å². The van der Waals surface area contributed by atoms with Crippen molar-refractivity contribution in [3.63, 3.8) is 0 Å². The predicted molar refractivity (Wildman–Crippen MR) is 110 cm³/mol. The normalized spacial score (nSPS) is 16.1. The minimum absolute atomic E-state index is 0.187. The number of nitrogens with zero attached hydrogens (tertiary/aromatic N) is 5. The van der Waals surface area contributed by atoms with Crippen LogP contribution in [0.15, 0.2) is 30.6 Å². The van der Waals surface area contributed by atoms with E-state index in [4.69, 9.17) is 9.97 Å². The van der Waals surface area contributed by atoms with E-state index in [9.17, 15) is 5.11 Å². The number of fused-ring (bicyclic) bond motifs is 3. The second-order valence-electron chi connectivity index (χ2n) is 7.89. The quantitative estimate of drug-likeness (QED) is 0.503. The molecule has 28 heavy (non-hydrogen) atoms. The minimum atomic E-state index is 0.187. The molecule has 1 fully saturated rings. The Kier molecular flexibility index (Phi) is 4.07. The summed E-state index contributed by atoms with van der Waals surface area (Å²) in [5.74, 6) is 0.707. The van der Waals surface area contributed by atoms with Crippen molar-refractivity contribution in [3.8, 4) is 17.1 Å². The molecule has 0 aliphatic heterocycles. The number of aromatic hydroxyl groups is 1. The van der Waals surface area contributed by atoms with Crippen LogP contribution in [0.4, 0.5) is 0 Å². The molecule has 3 heterocycles. The van der Waals surface area contributed by atoms with Crippen LogP contribution >= 0.6 is 0 Å². The van der Waals surface area contributed by atoms with E-state index in [0.717, 1.165) is 16.7 Å². The van der Waals surface area contributed by atoms with Gasteiger partial charge in [-0.3, -0.25) is 0 Å². The van der Waals surface area contributed by atoms with Gasteiger partial charge in [0.2, 0.25) is 0 Å². The van der Waals surface area contributed by atoms with Crippen LogP contribution in [0.1, 0.15) is 55.8 Å². The highest BCUT2D eigenvalue weighted by atomic mass is 16.3. The number of phenolic OH excluding ortho intramolecular Hbond substituents is 1. The Bertz CT molecular complexity index is 1160. The van der Waals surface area contributed by atoms with Crippen LogP contribution < -0.4 is 0 Å². The maximum absolute atomic E-state index is 10.2. The van der Waals surface area contributed by atoms with Crippen LogP contribution in [0.2, 0.25) is 0 Å². The number of aromatic nitrogens is 5. The van der Waals surface area contributed by atoms with Gasteiger partial charge in [-0.1, -0.05) is 37.8 Å². The summed E-state index contributed by atoms with van der Waals surface area (Å²) in [6.45, 7) is 4.35. The van der Waals surface area contributed by atoms with Gasteiger partial charge in [-0.15, -0.1) is 5.10 Å². The fourth-order valence-corrected chi connectivity index (χ4v) is 4.63. The molecule has 5 rings (SSSR count). The zero-order valence-corrected chi connectivity index (χ0v) is 16.4. The summed E-state index contributed by atoms with van der Waals surface area (Å²) in [7, 11) is 0. The molecule has 1 N–H and O–H groups in total. The third kappa shape index (κ3) is 2.58. The van der Waals surface area contributed by atoms with E-state index in [0.29, 0.717) is 17.4 Å². The zero-order valence-electron chi connectivity index (χ0n) is 16.4. The molecule has 3 aromatic heterocycles. The summed E-state index contributed by atoms with van der Waals surface area (Å²) < 4.78 is 4.16. The number of benzene rings is 1. The summed E-state index contributed by atoms with van der Waals surface area (Å²) in [5.41, 5.74) is 4.93. The number of hydrogen-bond donors (Lipinski definition) is 1. The van der Waals surface area contributed by atoms with E-state index in [2.05, 4.69) is 23.5 Å². The van der Waals surface area contributed by atoms with Gasteiger partial charge in [-0.05, 0) is 44.4 Å². The smallest absolute Gasteiger partial charge is 0.185 e. The summed E-state index contributed by atoms with van der Waals surface area (Å²) >= 11 is 0. The van der Waals surface area contributed by atoms with Crippen molar-refractivity contribution in [2.24, 2.45) is 0 Å². The molecule has 6 nitrogen and oxygen atoms in total. The standard InChI is InChI=1S/C22H25N5O/c1-14-15(2)27(16-9-5-3-4-6-10-16)21-19(14)22-24-20(25-26(22)13-23-21)17-11-7-8-12-18(17)28/h7-8,11-13,16,28H,3-6,9-10H2,1-2H3. The molecule has 0 radical (unpaired) electrons. The molecule has 0 unspecified atom stereocenters. The zero-order chi connectivity index (χ0) is 19.3. The Labute approximate surface area is 163 Å². The SMILES string of the molecule is Cc1c(C)n(C2CCCCCC2)c2ncn3nc(-c4ccccc4O)nc3c12. The Morgan fingerprint density at radius 3 is 2.50 bits per heavy atom. The molecule has 1 aliphatic rings. The van der Waals surface area contributed by atoms with Gasteiger partial charge in [0, 0.05) is 11.7 Å². The molecule has 0 amide bonds. The Morgan fingerprint density at radius 1 is 1.00 bits per heavy atom. The lowest BCUT2D eigenvalue weighted by atomic mass is 10.1. The Balaban J connectivity index is 1.72. The van der Waals surface area contributed by atoms with Crippen molar-refractivity contribution in [2.75, 3.05) is 0 Å². The topological polar surface area (TPSA) is 68.2 Å². The van der Waals surface area contributed by atoms with Gasteiger partial charge >= 0.3 is 0 Å². The van der Waals surface area contributed by atoms with Crippen LogP contribution in [-0.4, -0.2) is 29.3 Å². The largest absolute Gasteiger partial charge is 0.507 e. The first-order valence-electron chi connectivity index (χ1n) is 10.2. The van der Waals surface area contributed by atoms with E-state index >= 15 is 0 Å². The van der Waals surface area contributed by atoms with E-state index < -0.39 is 0 Å². The predicted octanol–water partition coefficient (Wildman–Crippen LogP) is 4.96. The van der Waals surface area contributed by atoms with Crippen LogP contribution in [-0.2, 0) is 0 Å². The van der Waals surface area contributed by atoms with Gasteiger partial charge in [0.1, 0.15) is 17.7 Å². The lowest BCUT2D eigenvalue weighted by Gasteiger charge is -2.19. The van der Waals surface area contributed by atoms with E-state index in [1.54, 1.807) is 23.0 Å². The molecule has 0 spiro atoms. The highest BCUT2D eigenvalue weighted by molar-refractivity contribution is 5.94. The third-order valence-corrected chi connectivity index (χ3v) is 6.21. The number of aryl methyl sites for hydroxylation is 1. The average molecular weight is 375 g/mol. The maximum atomic E-state index is 10.2. The van der Waals surface area contributed by atoms with Gasteiger partial charge in [0.05, 0.1) is 10.9 Å². The number of phenols is 1. The fraction of sp³-hybridized carbons (Fsp3) is 0.409. The first-order chi connectivity index (χ1) is 13.6. The van der Waals surface area contributed by atoms with Gasteiger partial charge in [0.15, 0.2) is 11.5 Å². The fourth-order valence-electron chi connectivity index (χ4n) is 4.63. The van der Waals surface area contributed by atoms with E-state index in [-0.39, 0.29) is 5.75 Å². The molecule has 4 aromatic rings. The molecule has 0 saturated heterocycles. The second kappa shape index (κ2) is 6.62. The molecule has 144 valence electrons. The molecular weight excluding hydrogens is 350 g/mol. The molecule has 0 atom stereocenters. The van der Waals surface area contributed by atoms with Gasteiger partial charge in [0.25, 0.3) is 0 Å². The summed E-state index contributed by atoms with van der Waals surface area (Å²) in [6, 6.07) is 7.69. The first-order valence-corrected chi connectivity index (χ1v) is 10.2. The minimum Gasteiger partial charge on any atom is -0.507 e. The van der Waals surface area contributed by atoms with Gasteiger partial charge in [-0.2, -0.15) is 0 Å². The monoisotopic (exact) mass is 375 g/mol. The molecule has 6 heteroatoms. The first kappa shape index (κ1) is 17.2. The highest BCUT2D eigenvalue weighted by Gasteiger charge is 2.24. The average Bonchev–Trinajstić information content (AvgIpc) is 3.09. The number of para-hydroxylation sites is 1. The molecular formula is C22H25N5O. The van der Waals surface area contributed by atoms with Crippen LogP contribution in [0.25, 0.3) is 28.1 Å². The maximum Gasteiger partial charge on any atom is 0.185 e. The van der Waals surface area contributed by atoms with E-state index in [1.165, 1.54) is 49.8 Å². The Hall–Kier alpha value is -2.89. The number of hydrogen-bond acceptors (Lipinski definition) is 4. The van der Waals surface area contributed by atoms with Crippen molar-refractivity contribution in [1.82, 2.24) is 24.1 Å². The summed E-state index contributed by atoms with van der Waals surface area (Å²) in [4.78, 5) is 9.58. The molecule has 1 saturated carbocycles. The van der Waals surface area contributed by atoms with Crippen LogP contribution in [0.5, 0.6) is 5.75 Å². The molecule has 1 aromatic carbocycles. The molecule has 0 bridgehead atoms. The van der Waals surface area contributed by atoms with Crippen molar-refractivity contribution in [1.29, 1.82) is 0 Å². The third-order valence-electron chi connectivity index (χ3n) is 6.21. The van der Waals surface area contributed by atoms with Crippen LogP contribution in [0.3, 0.4) is 0 Å². The molecule has 1 aliphatic carbocycles. The van der Waals surface area contributed by atoms with Crippen molar-refractivity contribution < 1.29 is 5.11 Å².